The highest BCUT2D eigenvalue weighted by atomic mass is 19.4. The maximum absolute atomic E-state index is 13.0. The van der Waals surface area contributed by atoms with Crippen molar-refractivity contribution in [3.05, 3.63) is 83.3 Å². The first-order chi connectivity index (χ1) is 16.1. The molecule has 0 aliphatic heterocycles. The lowest BCUT2D eigenvalue weighted by Crippen LogP contribution is -2.20. The first-order valence-corrected chi connectivity index (χ1v) is 7.96. The fourth-order valence-corrected chi connectivity index (χ4v) is 2.55. The third-order valence-corrected chi connectivity index (χ3v) is 3.89. The minimum absolute atomic E-state index is 0.0165. The van der Waals surface area contributed by atoms with Crippen molar-refractivity contribution < 1.29 is 25.5 Å². The van der Waals surface area contributed by atoms with Crippen LogP contribution in [0.4, 0.5) is 13.2 Å². The van der Waals surface area contributed by atoms with E-state index in [9.17, 15) is 13.2 Å². The van der Waals surface area contributed by atoms with E-state index in [1.807, 2.05) is 0 Å². The standard InChI is InChI=1S/C22H22F3N/c1-16(20-13-5-10-18-9-2-3-12-21(18)20)26-14-6-8-17-7-4-11-19(15-17)22(23,24)25/h2-5,7,9-13,15-16,26H,6,8,14H2,1H3/t16-/m1/s1/i2D,3D,5D,6D2,9D,10D,12D,13D. The summed E-state index contributed by atoms with van der Waals surface area (Å²) in [6.45, 7) is 1.17. The molecule has 3 aromatic rings. The SMILES string of the molecule is [2H]c1c([2H])c([2H])c2c([C@@H](C)NCC([2H])([2H])Cc3cccc(C(F)(F)F)c3)c([2H])c([2H])c([2H])c2c1[2H]. The van der Waals surface area contributed by atoms with Gasteiger partial charge >= 0.3 is 6.18 Å². The topological polar surface area (TPSA) is 12.0 Å². The summed E-state index contributed by atoms with van der Waals surface area (Å²) in [6.07, 6.45) is -6.89. The number of hydrogen-bond donors (Lipinski definition) is 1. The molecule has 0 amide bonds. The quantitative estimate of drug-likeness (QED) is 0.552. The van der Waals surface area contributed by atoms with Gasteiger partial charge in [0, 0.05) is 8.78 Å². The molecule has 26 heavy (non-hydrogen) atoms. The summed E-state index contributed by atoms with van der Waals surface area (Å²) in [5.74, 6) is 0. The number of nitrogens with one attached hydrogen (secondary N) is 1. The highest BCUT2D eigenvalue weighted by molar-refractivity contribution is 5.86. The molecule has 0 heterocycles. The van der Waals surface area contributed by atoms with Crippen molar-refractivity contribution in [1.82, 2.24) is 5.32 Å². The van der Waals surface area contributed by atoms with E-state index in [0.29, 0.717) is 0 Å². The van der Waals surface area contributed by atoms with Crippen LogP contribution in [-0.4, -0.2) is 6.54 Å². The molecule has 3 aromatic carbocycles. The van der Waals surface area contributed by atoms with Gasteiger partial charge < -0.3 is 5.32 Å². The van der Waals surface area contributed by atoms with Gasteiger partial charge in [0.05, 0.1) is 15.2 Å². The average molecular weight is 366 g/mol. The van der Waals surface area contributed by atoms with Gasteiger partial charge in [-0.05, 0) is 54.2 Å². The molecule has 1 N–H and O–H groups in total. The molecule has 0 bridgehead atoms. The van der Waals surface area contributed by atoms with Crippen molar-refractivity contribution in [3.63, 3.8) is 0 Å². The molecule has 0 saturated heterocycles. The van der Waals surface area contributed by atoms with Crippen LogP contribution in [-0.2, 0) is 12.6 Å². The minimum Gasteiger partial charge on any atom is -0.310 e. The summed E-state index contributed by atoms with van der Waals surface area (Å²) in [5, 5.41) is 2.55. The van der Waals surface area contributed by atoms with Gasteiger partial charge in [-0.1, -0.05) is 60.5 Å². The van der Waals surface area contributed by atoms with Gasteiger partial charge in [-0.25, -0.2) is 0 Å². The van der Waals surface area contributed by atoms with E-state index in [4.69, 9.17) is 12.3 Å². The van der Waals surface area contributed by atoms with E-state index in [0.717, 1.165) is 12.1 Å². The van der Waals surface area contributed by atoms with Crippen molar-refractivity contribution in [2.75, 3.05) is 6.54 Å². The lowest BCUT2D eigenvalue weighted by Gasteiger charge is -2.17. The predicted octanol–water partition coefficient (Wildman–Crippen LogP) is 6.14. The van der Waals surface area contributed by atoms with Gasteiger partial charge in [0.25, 0.3) is 0 Å². The Balaban J connectivity index is 1.95. The maximum atomic E-state index is 13.0. The molecule has 1 atom stereocenters. The fraction of sp³-hybridized carbons (Fsp3) is 0.273. The molecule has 0 aliphatic rings. The smallest absolute Gasteiger partial charge is 0.310 e. The van der Waals surface area contributed by atoms with Crippen LogP contribution in [0.5, 0.6) is 0 Å². The van der Waals surface area contributed by atoms with Crippen molar-refractivity contribution in [2.24, 2.45) is 0 Å². The van der Waals surface area contributed by atoms with Gasteiger partial charge in [-0.2, -0.15) is 13.2 Å². The molecule has 136 valence electrons. The van der Waals surface area contributed by atoms with Gasteiger partial charge in [-0.15, -0.1) is 0 Å². The fourth-order valence-electron chi connectivity index (χ4n) is 2.55. The lowest BCUT2D eigenvalue weighted by atomic mass is 9.99. The van der Waals surface area contributed by atoms with E-state index < -0.39 is 66.5 Å². The number of rotatable bonds is 6. The van der Waals surface area contributed by atoms with E-state index in [1.54, 1.807) is 0 Å². The lowest BCUT2D eigenvalue weighted by molar-refractivity contribution is -0.137. The second kappa shape index (κ2) is 7.92. The zero-order chi connectivity index (χ0) is 26.5. The van der Waals surface area contributed by atoms with Crippen LogP contribution < -0.4 is 5.32 Å². The van der Waals surface area contributed by atoms with E-state index in [1.165, 1.54) is 19.1 Å². The number of alkyl halides is 3. The van der Waals surface area contributed by atoms with E-state index in [-0.39, 0.29) is 34.9 Å². The zero-order valence-electron chi connectivity index (χ0n) is 22.9. The summed E-state index contributed by atoms with van der Waals surface area (Å²) in [5.41, 5.74) is -0.722. The van der Waals surface area contributed by atoms with Gasteiger partial charge in [0.2, 0.25) is 0 Å². The Morgan fingerprint density at radius 1 is 1.12 bits per heavy atom. The Morgan fingerprint density at radius 3 is 2.69 bits per heavy atom. The van der Waals surface area contributed by atoms with Crippen LogP contribution >= 0.6 is 0 Å². The van der Waals surface area contributed by atoms with Crippen LogP contribution in [0.1, 0.15) is 48.4 Å². The van der Waals surface area contributed by atoms with E-state index in [2.05, 4.69) is 5.32 Å². The van der Waals surface area contributed by atoms with Crippen LogP contribution in [0.2, 0.25) is 0 Å². The Bertz CT molecular complexity index is 1280. The Morgan fingerprint density at radius 2 is 1.88 bits per heavy atom. The first kappa shape index (κ1) is 10.1. The Hall–Kier alpha value is -2.33. The molecule has 0 aliphatic carbocycles. The van der Waals surface area contributed by atoms with Crippen LogP contribution in [0.15, 0.2) is 66.6 Å². The molecule has 3 rings (SSSR count). The number of halogens is 3. The molecule has 0 radical (unpaired) electrons. The monoisotopic (exact) mass is 366 g/mol. The summed E-state index contributed by atoms with van der Waals surface area (Å²) in [6, 6.07) is -0.0720. The number of aryl methyl sites for hydroxylation is 1. The highest BCUT2D eigenvalue weighted by Gasteiger charge is 2.30. The summed E-state index contributed by atoms with van der Waals surface area (Å²) >= 11 is 0. The van der Waals surface area contributed by atoms with Crippen molar-refractivity contribution >= 4 is 10.8 Å². The number of hydrogen-bond acceptors (Lipinski definition) is 1. The Kier molecular flexibility index (Phi) is 3.08. The number of benzene rings is 3. The second-order valence-electron chi connectivity index (χ2n) is 5.77. The third-order valence-electron chi connectivity index (χ3n) is 3.89. The van der Waals surface area contributed by atoms with Gasteiger partial charge in [0.15, 0.2) is 0 Å². The molecule has 1 nitrogen and oxygen atoms in total. The Labute approximate surface area is 164 Å². The van der Waals surface area contributed by atoms with Crippen LogP contribution in [0.3, 0.4) is 0 Å². The third kappa shape index (κ3) is 4.44. The van der Waals surface area contributed by atoms with E-state index >= 15 is 0 Å². The molecule has 0 fully saturated rings. The van der Waals surface area contributed by atoms with Crippen molar-refractivity contribution in [2.45, 2.75) is 31.9 Å². The molecule has 0 spiro atoms. The van der Waals surface area contributed by atoms with Crippen LogP contribution in [0, 0.1) is 0 Å². The predicted molar refractivity (Wildman–Crippen MR) is 100 cm³/mol. The zero-order valence-corrected chi connectivity index (χ0v) is 13.9. The molecule has 0 unspecified atom stereocenters. The summed E-state index contributed by atoms with van der Waals surface area (Å²) in [4.78, 5) is 0. The average Bonchev–Trinajstić information content (AvgIpc) is 2.77. The van der Waals surface area contributed by atoms with Crippen molar-refractivity contribution in [1.29, 1.82) is 0 Å². The normalized spacial score (nSPS) is 18.5. The second-order valence-corrected chi connectivity index (χ2v) is 5.77. The molecule has 0 aromatic heterocycles. The largest absolute Gasteiger partial charge is 0.416 e. The first-order valence-electron chi connectivity index (χ1n) is 12.5. The molecule has 4 heteroatoms. The maximum Gasteiger partial charge on any atom is 0.416 e. The minimum atomic E-state index is -4.56. The van der Waals surface area contributed by atoms with Crippen molar-refractivity contribution in [3.8, 4) is 0 Å². The van der Waals surface area contributed by atoms with Gasteiger partial charge in [-0.3, -0.25) is 0 Å². The number of fused-ring (bicyclic) bond motifs is 1. The van der Waals surface area contributed by atoms with Gasteiger partial charge in [0.1, 0.15) is 0 Å². The summed E-state index contributed by atoms with van der Waals surface area (Å²) in [7, 11) is 0. The highest BCUT2D eigenvalue weighted by Crippen LogP contribution is 2.29. The van der Waals surface area contributed by atoms with Crippen LogP contribution in [0.25, 0.3) is 10.8 Å². The molecule has 0 saturated carbocycles. The summed E-state index contributed by atoms with van der Waals surface area (Å²) < 4.78 is 112. The molecular weight excluding hydrogens is 335 g/mol. The molecular formula is C22H22F3N.